The average Bonchev–Trinajstić information content (AvgIpc) is 2.78. The van der Waals surface area contributed by atoms with Crippen molar-refractivity contribution in [3.8, 4) is 17.2 Å². The molecule has 0 saturated heterocycles. The van der Waals surface area contributed by atoms with Gasteiger partial charge in [0.2, 0.25) is 5.95 Å². The van der Waals surface area contributed by atoms with E-state index >= 15 is 0 Å². The van der Waals surface area contributed by atoms with Crippen molar-refractivity contribution in [2.45, 2.75) is 52.1 Å². The first-order valence-electron chi connectivity index (χ1n) is 10.8. The minimum Gasteiger partial charge on any atom is -0.496 e. The summed E-state index contributed by atoms with van der Waals surface area (Å²) in [7, 11) is 4.94. The van der Waals surface area contributed by atoms with Gasteiger partial charge in [-0.2, -0.15) is 4.98 Å². The molecule has 2 aromatic rings. The maximum Gasteiger partial charge on any atom is 0.225 e. The van der Waals surface area contributed by atoms with E-state index in [1.807, 2.05) is 26.0 Å². The number of hydrogen-bond donors (Lipinski definition) is 3. The zero-order valence-corrected chi connectivity index (χ0v) is 19.2. The number of nitrogens with two attached hydrogens (primary N) is 1. The summed E-state index contributed by atoms with van der Waals surface area (Å²) in [6, 6.07) is 4.23. The largest absolute Gasteiger partial charge is 0.496 e. The highest BCUT2D eigenvalue weighted by atomic mass is 16.5. The van der Waals surface area contributed by atoms with Gasteiger partial charge >= 0.3 is 0 Å². The minimum atomic E-state index is 0.392. The molecule has 0 unspecified atom stereocenters. The van der Waals surface area contributed by atoms with E-state index in [4.69, 9.17) is 19.9 Å². The van der Waals surface area contributed by atoms with E-state index in [1.165, 1.54) is 0 Å². The molecule has 1 aliphatic rings. The maximum atomic E-state index is 5.98. The normalized spacial score (nSPS) is 18.5. The second kappa shape index (κ2) is 10.5. The molecule has 0 radical (unpaired) electrons. The van der Waals surface area contributed by atoms with Crippen molar-refractivity contribution < 1.29 is 14.2 Å². The summed E-state index contributed by atoms with van der Waals surface area (Å²) in [4.78, 5) is 8.91. The van der Waals surface area contributed by atoms with Crippen LogP contribution in [0.5, 0.6) is 17.2 Å². The van der Waals surface area contributed by atoms with E-state index in [1.54, 1.807) is 21.3 Å². The van der Waals surface area contributed by atoms with Crippen molar-refractivity contribution in [1.29, 1.82) is 0 Å². The number of hydrogen-bond acceptors (Lipinski definition) is 8. The lowest BCUT2D eigenvalue weighted by Gasteiger charge is -2.29. The van der Waals surface area contributed by atoms with Crippen LogP contribution in [0.15, 0.2) is 12.1 Å². The van der Waals surface area contributed by atoms with Crippen LogP contribution >= 0.6 is 0 Å². The average molecular weight is 430 g/mol. The van der Waals surface area contributed by atoms with Crippen molar-refractivity contribution in [3.63, 3.8) is 0 Å². The van der Waals surface area contributed by atoms with Gasteiger partial charge in [-0.15, -0.1) is 0 Å². The quantitative estimate of drug-likeness (QED) is 0.557. The molecule has 1 heterocycles. The van der Waals surface area contributed by atoms with Gasteiger partial charge in [0.15, 0.2) is 11.5 Å². The first kappa shape index (κ1) is 22.9. The van der Waals surface area contributed by atoms with Crippen LogP contribution in [0, 0.1) is 19.8 Å². The summed E-state index contributed by atoms with van der Waals surface area (Å²) in [6.45, 7) is 5.60. The SMILES string of the molecule is COc1cc(OC)c(OC)cc1CNC[C@H]1CC[C@@H](Nc2nc(C)c(C)c(N)n2)CC1. The number of nitrogen functional groups attached to an aromatic ring is 1. The molecule has 1 fully saturated rings. The van der Waals surface area contributed by atoms with Crippen LogP contribution in [0.4, 0.5) is 11.8 Å². The monoisotopic (exact) mass is 429 g/mol. The molecule has 0 atom stereocenters. The van der Waals surface area contributed by atoms with E-state index in [-0.39, 0.29) is 0 Å². The molecular formula is C23H35N5O3. The Hall–Kier alpha value is -2.74. The van der Waals surface area contributed by atoms with Gasteiger partial charge in [0.25, 0.3) is 0 Å². The van der Waals surface area contributed by atoms with Crippen molar-refractivity contribution in [2.75, 3.05) is 38.9 Å². The Bertz CT molecular complexity index is 859. The number of methoxy groups -OCH3 is 3. The Morgan fingerprint density at radius 1 is 0.935 bits per heavy atom. The van der Waals surface area contributed by atoms with Crippen molar-refractivity contribution in [2.24, 2.45) is 5.92 Å². The van der Waals surface area contributed by atoms with Gasteiger partial charge in [0.1, 0.15) is 11.6 Å². The molecular weight excluding hydrogens is 394 g/mol. The van der Waals surface area contributed by atoms with E-state index < -0.39 is 0 Å². The lowest BCUT2D eigenvalue weighted by molar-refractivity contribution is 0.321. The Morgan fingerprint density at radius 3 is 2.19 bits per heavy atom. The molecule has 31 heavy (non-hydrogen) atoms. The zero-order chi connectivity index (χ0) is 22.4. The third-order valence-electron chi connectivity index (χ3n) is 6.14. The smallest absolute Gasteiger partial charge is 0.225 e. The highest BCUT2D eigenvalue weighted by Crippen LogP contribution is 2.34. The highest BCUT2D eigenvalue weighted by Gasteiger charge is 2.22. The first-order chi connectivity index (χ1) is 14.9. The summed E-state index contributed by atoms with van der Waals surface area (Å²) in [6.07, 6.45) is 4.52. The van der Waals surface area contributed by atoms with E-state index in [0.29, 0.717) is 35.2 Å². The van der Waals surface area contributed by atoms with E-state index in [0.717, 1.165) is 61.3 Å². The van der Waals surface area contributed by atoms with Gasteiger partial charge in [-0.3, -0.25) is 0 Å². The van der Waals surface area contributed by atoms with Crippen molar-refractivity contribution >= 4 is 11.8 Å². The Labute approximate surface area is 184 Å². The number of nitrogens with zero attached hydrogens (tertiary/aromatic N) is 2. The van der Waals surface area contributed by atoms with Gasteiger partial charge in [-0.1, -0.05) is 0 Å². The number of aromatic nitrogens is 2. The van der Waals surface area contributed by atoms with Crippen LogP contribution in [-0.2, 0) is 6.54 Å². The summed E-state index contributed by atoms with van der Waals surface area (Å²) in [5.74, 6) is 4.02. The second-order valence-electron chi connectivity index (χ2n) is 8.15. The fraction of sp³-hybridized carbons (Fsp3) is 0.565. The predicted octanol–water partition coefficient (Wildman–Crippen LogP) is 3.46. The Balaban J connectivity index is 1.48. The number of benzene rings is 1. The minimum absolute atomic E-state index is 0.392. The van der Waals surface area contributed by atoms with Crippen LogP contribution in [-0.4, -0.2) is 43.9 Å². The van der Waals surface area contributed by atoms with Gasteiger partial charge in [0, 0.05) is 35.5 Å². The first-order valence-corrected chi connectivity index (χ1v) is 10.8. The highest BCUT2D eigenvalue weighted by molar-refractivity contribution is 5.50. The van der Waals surface area contributed by atoms with Crippen molar-refractivity contribution in [1.82, 2.24) is 15.3 Å². The molecule has 1 aromatic heterocycles. The summed E-state index contributed by atoms with van der Waals surface area (Å²) >= 11 is 0. The van der Waals surface area contributed by atoms with E-state index in [2.05, 4.69) is 20.6 Å². The van der Waals surface area contributed by atoms with E-state index in [9.17, 15) is 0 Å². The Kier molecular flexibility index (Phi) is 7.79. The van der Waals surface area contributed by atoms with Gasteiger partial charge in [-0.25, -0.2) is 4.98 Å². The molecule has 0 aliphatic heterocycles. The standard InChI is InChI=1S/C23H35N5O3/c1-14-15(2)26-23(28-22(14)24)27-18-8-6-16(7-9-18)12-25-13-17-10-20(30-4)21(31-5)11-19(17)29-3/h10-11,16,18,25H,6-9,12-13H2,1-5H3,(H3,24,26,27,28)/t16-,18+. The fourth-order valence-corrected chi connectivity index (χ4v) is 4.05. The molecule has 8 heteroatoms. The van der Waals surface area contributed by atoms with Crippen LogP contribution in [0.1, 0.15) is 42.5 Å². The molecule has 0 amide bonds. The third kappa shape index (κ3) is 5.70. The van der Waals surface area contributed by atoms with Crippen LogP contribution < -0.4 is 30.6 Å². The van der Waals surface area contributed by atoms with Crippen molar-refractivity contribution in [3.05, 3.63) is 29.0 Å². The summed E-state index contributed by atoms with van der Waals surface area (Å²) in [5, 5.41) is 7.05. The number of nitrogens with one attached hydrogen (secondary N) is 2. The van der Waals surface area contributed by atoms with Crippen LogP contribution in [0.3, 0.4) is 0 Å². The topological polar surface area (TPSA) is 104 Å². The summed E-state index contributed by atoms with van der Waals surface area (Å²) < 4.78 is 16.3. The van der Waals surface area contributed by atoms with Gasteiger partial charge < -0.3 is 30.6 Å². The number of aryl methyl sites for hydroxylation is 1. The van der Waals surface area contributed by atoms with Crippen LogP contribution in [0.25, 0.3) is 0 Å². The number of ether oxygens (including phenoxy) is 3. The lowest BCUT2D eigenvalue weighted by Crippen LogP contribution is -2.31. The molecule has 1 aliphatic carbocycles. The van der Waals surface area contributed by atoms with Gasteiger partial charge in [0.05, 0.1) is 21.3 Å². The fourth-order valence-electron chi connectivity index (χ4n) is 4.05. The predicted molar refractivity (Wildman–Crippen MR) is 123 cm³/mol. The molecule has 0 spiro atoms. The molecule has 1 aromatic carbocycles. The molecule has 3 rings (SSSR count). The summed E-state index contributed by atoms with van der Waals surface area (Å²) in [5.41, 5.74) is 8.92. The molecule has 0 bridgehead atoms. The maximum absolute atomic E-state index is 5.98. The van der Waals surface area contributed by atoms with Crippen LogP contribution in [0.2, 0.25) is 0 Å². The zero-order valence-electron chi connectivity index (χ0n) is 19.2. The Morgan fingerprint density at radius 2 is 1.58 bits per heavy atom. The lowest BCUT2D eigenvalue weighted by atomic mass is 9.86. The third-order valence-corrected chi connectivity index (χ3v) is 6.14. The second-order valence-corrected chi connectivity index (χ2v) is 8.15. The number of rotatable bonds is 9. The van der Waals surface area contributed by atoms with Gasteiger partial charge in [-0.05, 0) is 58.1 Å². The molecule has 8 nitrogen and oxygen atoms in total. The molecule has 1 saturated carbocycles. The number of anilines is 2. The molecule has 4 N–H and O–H groups in total. The molecule has 170 valence electrons.